The predicted octanol–water partition coefficient (Wildman–Crippen LogP) is 2.69. The predicted molar refractivity (Wildman–Crippen MR) is 72.3 cm³/mol. The zero-order chi connectivity index (χ0) is 12.0. The molecular weight excluding hydrogens is 218 g/mol. The van der Waals surface area contributed by atoms with E-state index in [9.17, 15) is 0 Å². The van der Waals surface area contributed by atoms with Gasteiger partial charge in [-0.1, -0.05) is 19.1 Å². The SMILES string of the molecule is COc1cccc(CN(C)CC(C)CS)c1. The lowest BCUT2D eigenvalue weighted by Gasteiger charge is -2.20. The number of rotatable bonds is 6. The van der Waals surface area contributed by atoms with Crippen LogP contribution in [0.5, 0.6) is 5.75 Å². The van der Waals surface area contributed by atoms with Crippen molar-refractivity contribution in [3.63, 3.8) is 0 Å². The fourth-order valence-corrected chi connectivity index (χ4v) is 1.85. The van der Waals surface area contributed by atoms with Crippen LogP contribution in [0.25, 0.3) is 0 Å². The maximum atomic E-state index is 5.21. The molecule has 1 rings (SSSR count). The van der Waals surface area contributed by atoms with Gasteiger partial charge in [0.05, 0.1) is 7.11 Å². The third-order valence-electron chi connectivity index (χ3n) is 2.52. The van der Waals surface area contributed by atoms with Crippen molar-refractivity contribution < 1.29 is 4.74 Å². The Morgan fingerprint density at radius 2 is 2.19 bits per heavy atom. The van der Waals surface area contributed by atoms with Crippen molar-refractivity contribution in [2.24, 2.45) is 5.92 Å². The first-order chi connectivity index (χ1) is 7.65. The molecule has 1 aromatic rings. The van der Waals surface area contributed by atoms with E-state index in [2.05, 4.69) is 43.6 Å². The summed E-state index contributed by atoms with van der Waals surface area (Å²) in [4.78, 5) is 2.32. The van der Waals surface area contributed by atoms with Crippen molar-refractivity contribution in [3.05, 3.63) is 29.8 Å². The van der Waals surface area contributed by atoms with Gasteiger partial charge >= 0.3 is 0 Å². The Bertz CT molecular complexity index is 317. The number of hydrogen-bond acceptors (Lipinski definition) is 3. The van der Waals surface area contributed by atoms with E-state index in [-0.39, 0.29) is 0 Å². The fourth-order valence-electron chi connectivity index (χ4n) is 1.74. The average molecular weight is 239 g/mol. The van der Waals surface area contributed by atoms with E-state index in [0.717, 1.165) is 24.6 Å². The second kappa shape index (κ2) is 6.81. The van der Waals surface area contributed by atoms with E-state index in [0.29, 0.717) is 5.92 Å². The quantitative estimate of drug-likeness (QED) is 0.766. The Labute approximate surface area is 104 Å². The van der Waals surface area contributed by atoms with Gasteiger partial charge < -0.3 is 9.64 Å². The highest BCUT2D eigenvalue weighted by Crippen LogP contribution is 2.14. The molecule has 0 saturated heterocycles. The van der Waals surface area contributed by atoms with Crippen LogP contribution in [0, 0.1) is 5.92 Å². The molecule has 1 unspecified atom stereocenters. The molecule has 1 atom stereocenters. The largest absolute Gasteiger partial charge is 0.497 e. The third kappa shape index (κ3) is 4.45. The molecule has 0 aliphatic rings. The second-order valence-electron chi connectivity index (χ2n) is 4.34. The van der Waals surface area contributed by atoms with Crippen molar-refractivity contribution in [1.82, 2.24) is 4.90 Å². The topological polar surface area (TPSA) is 12.5 Å². The summed E-state index contributed by atoms with van der Waals surface area (Å²) in [7, 11) is 3.84. The Morgan fingerprint density at radius 1 is 1.44 bits per heavy atom. The molecule has 1 aromatic carbocycles. The molecule has 0 aromatic heterocycles. The average Bonchev–Trinajstić information content (AvgIpc) is 2.28. The number of methoxy groups -OCH3 is 1. The van der Waals surface area contributed by atoms with Gasteiger partial charge in [0, 0.05) is 13.1 Å². The normalized spacial score (nSPS) is 12.8. The molecule has 90 valence electrons. The van der Waals surface area contributed by atoms with Crippen LogP contribution in [-0.4, -0.2) is 31.4 Å². The number of benzene rings is 1. The maximum absolute atomic E-state index is 5.21. The Hall–Kier alpha value is -0.670. The monoisotopic (exact) mass is 239 g/mol. The molecule has 16 heavy (non-hydrogen) atoms. The van der Waals surface area contributed by atoms with Crippen molar-refractivity contribution >= 4 is 12.6 Å². The summed E-state index contributed by atoms with van der Waals surface area (Å²) in [5.41, 5.74) is 1.29. The summed E-state index contributed by atoms with van der Waals surface area (Å²) in [5, 5.41) is 0. The second-order valence-corrected chi connectivity index (χ2v) is 4.70. The fraction of sp³-hybridized carbons (Fsp3) is 0.538. The summed E-state index contributed by atoms with van der Waals surface area (Å²) in [6.45, 7) is 4.24. The molecule has 0 amide bonds. The van der Waals surface area contributed by atoms with E-state index < -0.39 is 0 Å². The molecule has 0 saturated carbocycles. The van der Waals surface area contributed by atoms with Gasteiger partial charge in [0.25, 0.3) is 0 Å². The standard InChI is InChI=1S/C13H21NOS/c1-11(10-16)8-14(2)9-12-5-4-6-13(7-12)15-3/h4-7,11,16H,8-10H2,1-3H3. The van der Waals surface area contributed by atoms with Crippen molar-refractivity contribution in [2.75, 3.05) is 26.5 Å². The van der Waals surface area contributed by atoms with E-state index >= 15 is 0 Å². The van der Waals surface area contributed by atoms with Crippen LogP contribution in [0.2, 0.25) is 0 Å². The van der Waals surface area contributed by atoms with Crippen molar-refractivity contribution in [1.29, 1.82) is 0 Å². The van der Waals surface area contributed by atoms with E-state index in [1.165, 1.54) is 5.56 Å². The molecule has 0 N–H and O–H groups in total. The van der Waals surface area contributed by atoms with Crippen molar-refractivity contribution in [2.45, 2.75) is 13.5 Å². The molecule has 0 spiro atoms. The molecule has 0 heterocycles. The molecule has 3 heteroatoms. The molecule has 0 fully saturated rings. The van der Waals surface area contributed by atoms with Gasteiger partial charge in [-0.25, -0.2) is 0 Å². The minimum absolute atomic E-state index is 0.624. The van der Waals surface area contributed by atoms with Crippen LogP contribution in [0.3, 0.4) is 0 Å². The first kappa shape index (κ1) is 13.4. The highest BCUT2D eigenvalue weighted by Gasteiger charge is 2.05. The summed E-state index contributed by atoms with van der Waals surface area (Å²) in [5.74, 6) is 2.48. The minimum atomic E-state index is 0.624. The van der Waals surface area contributed by atoms with Gasteiger partial charge in [-0.2, -0.15) is 12.6 Å². The molecule has 0 bridgehead atoms. The minimum Gasteiger partial charge on any atom is -0.497 e. The van der Waals surface area contributed by atoms with E-state index in [4.69, 9.17) is 4.74 Å². The van der Waals surface area contributed by atoms with Gasteiger partial charge in [0.15, 0.2) is 0 Å². The summed E-state index contributed by atoms with van der Waals surface area (Å²) >= 11 is 4.30. The van der Waals surface area contributed by atoms with Crippen LogP contribution in [0.1, 0.15) is 12.5 Å². The van der Waals surface area contributed by atoms with E-state index in [1.807, 2.05) is 12.1 Å². The summed E-state index contributed by atoms with van der Waals surface area (Å²) in [6.07, 6.45) is 0. The highest BCUT2D eigenvalue weighted by atomic mass is 32.1. The zero-order valence-electron chi connectivity index (χ0n) is 10.3. The molecule has 0 radical (unpaired) electrons. The first-order valence-electron chi connectivity index (χ1n) is 5.58. The zero-order valence-corrected chi connectivity index (χ0v) is 11.2. The van der Waals surface area contributed by atoms with Gasteiger partial charge in [-0.05, 0) is 36.4 Å². The van der Waals surface area contributed by atoms with Gasteiger partial charge in [-0.3, -0.25) is 0 Å². The van der Waals surface area contributed by atoms with Crippen LogP contribution < -0.4 is 4.74 Å². The van der Waals surface area contributed by atoms with Gasteiger partial charge in [0.2, 0.25) is 0 Å². The Kier molecular flexibility index (Phi) is 5.71. The summed E-state index contributed by atoms with van der Waals surface area (Å²) in [6, 6.07) is 8.22. The third-order valence-corrected chi connectivity index (χ3v) is 3.15. The number of thiol groups is 1. The van der Waals surface area contributed by atoms with Crippen LogP contribution in [0.15, 0.2) is 24.3 Å². The molecular formula is C13H21NOS. The lowest BCUT2D eigenvalue weighted by molar-refractivity contribution is 0.290. The number of nitrogens with zero attached hydrogens (tertiary/aromatic N) is 1. The number of hydrogen-bond donors (Lipinski definition) is 1. The highest BCUT2D eigenvalue weighted by molar-refractivity contribution is 7.80. The molecule has 0 aliphatic carbocycles. The van der Waals surface area contributed by atoms with E-state index in [1.54, 1.807) is 7.11 Å². The van der Waals surface area contributed by atoms with Crippen LogP contribution in [0.4, 0.5) is 0 Å². The Balaban J connectivity index is 2.51. The van der Waals surface area contributed by atoms with Crippen molar-refractivity contribution in [3.8, 4) is 5.75 Å². The van der Waals surface area contributed by atoms with Crippen LogP contribution >= 0.6 is 12.6 Å². The molecule has 0 aliphatic heterocycles. The van der Waals surface area contributed by atoms with Crippen LogP contribution in [-0.2, 0) is 6.54 Å². The van der Waals surface area contributed by atoms with Gasteiger partial charge in [0.1, 0.15) is 5.75 Å². The summed E-state index contributed by atoms with van der Waals surface area (Å²) < 4.78 is 5.21. The Morgan fingerprint density at radius 3 is 2.81 bits per heavy atom. The lowest BCUT2D eigenvalue weighted by Crippen LogP contribution is -2.24. The molecule has 2 nitrogen and oxygen atoms in total. The lowest BCUT2D eigenvalue weighted by atomic mass is 10.1. The maximum Gasteiger partial charge on any atom is 0.119 e. The first-order valence-corrected chi connectivity index (χ1v) is 6.21. The smallest absolute Gasteiger partial charge is 0.119 e. The van der Waals surface area contributed by atoms with Gasteiger partial charge in [-0.15, -0.1) is 0 Å². The number of ether oxygens (including phenoxy) is 1.